The molecule has 0 saturated heterocycles. The van der Waals surface area contributed by atoms with E-state index in [-0.39, 0.29) is 5.97 Å². The molecule has 21 heavy (non-hydrogen) atoms. The van der Waals surface area contributed by atoms with Crippen molar-refractivity contribution >= 4 is 40.1 Å². The highest BCUT2D eigenvalue weighted by Crippen LogP contribution is 2.38. The summed E-state index contributed by atoms with van der Waals surface area (Å²) in [5.41, 5.74) is 1.65. The number of carbonyl (C=O) groups excluding carboxylic acids is 1. The number of thiophene rings is 1. The number of thioether (sulfide) groups is 1. The van der Waals surface area contributed by atoms with Crippen LogP contribution in [-0.2, 0) is 16.6 Å². The molecule has 0 N–H and O–H groups in total. The number of esters is 1. The van der Waals surface area contributed by atoms with Crippen LogP contribution in [0.2, 0.25) is 0 Å². The summed E-state index contributed by atoms with van der Waals surface area (Å²) in [6.45, 7) is 0. The van der Waals surface area contributed by atoms with Gasteiger partial charge < -0.3 is 4.74 Å². The third-order valence-electron chi connectivity index (χ3n) is 2.98. The third-order valence-corrected chi connectivity index (χ3v) is 4.93. The van der Waals surface area contributed by atoms with E-state index < -0.39 is 5.25 Å². The quantitative estimate of drug-likeness (QED) is 0.418. The topological polar surface area (TPSA) is 69.9 Å². The maximum absolute atomic E-state index is 12.1. The second kappa shape index (κ2) is 5.82. The van der Waals surface area contributed by atoms with Gasteiger partial charge in [-0.2, -0.15) is 16.4 Å². The van der Waals surface area contributed by atoms with Crippen molar-refractivity contribution in [3.63, 3.8) is 0 Å². The Kier molecular flexibility index (Phi) is 3.89. The highest BCUT2D eigenvalue weighted by Gasteiger charge is 2.25. The van der Waals surface area contributed by atoms with E-state index >= 15 is 0 Å². The number of hydrogen-bond acceptors (Lipinski definition) is 7. The molecular formula is C13H12N4O2S2. The molecule has 0 fully saturated rings. The molecular weight excluding hydrogens is 308 g/mol. The molecule has 0 aliphatic heterocycles. The molecule has 0 radical (unpaired) electrons. The average molecular weight is 320 g/mol. The van der Waals surface area contributed by atoms with E-state index in [1.165, 1.54) is 25.2 Å². The van der Waals surface area contributed by atoms with Crippen molar-refractivity contribution < 1.29 is 9.53 Å². The van der Waals surface area contributed by atoms with Crippen LogP contribution in [0.15, 0.2) is 34.4 Å². The fourth-order valence-electron chi connectivity index (χ4n) is 1.93. The molecule has 1 atom stereocenters. The maximum atomic E-state index is 12.1. The lowest BCUT2D eigenvalue weighted by Gasteiger charge is -2.12. The zero-order chi connectivity index (χ0) is 14.8. The summed E-state index contributed by atoms with van der Waals surface area (Å²) in [6.07, 6.45) is 3.19. The number of hydrogen-bond donors (Lipinski definition) is 0. The molecule has 0 amide bonds. The molecule has 8 heteroatoms. The first kappa shape index (κ1) is 14.0. The predicted molar refractivity (Wildman–Crippen MR) is 81.2 cm³/mol. The minimum Gasteiger partial charge on any atom is -0.468 e. The van der Waals surface area contributed by atoms with Crippen LogP contribution >= 0.6 is 23.1 Å². The first-order chi connectivity index (χ1) is 10.2. The van der Waals surface area contributed by atoms with Gasteiger partial charge in [0, 0.05) is 7.05 Å². The Morgan fingerprint density at radius 2 is 2.33 bits per heavy atom. The summed E-state index contributed by atoms with van der Waals surface area (Å²) in [5.74, 6) is -0.297. The fourth-order valence-corrected chi connectivity index (χ4v) is 3.78. The van der Waals surface area contributed by atoms with Crippen LogP contribution in [-0.4, -0.2) is 32.8 Å². The van der Waals surface area contributed by atoms with Crippen LogP contribution in [0.5, 0.6) is 0 Å². The zero-order valence-corrected chi connectivity index (χ0v) is 13.0. The van der Waals surface area contributed by atoms with Gasteiger partial charge >= 0.3 is 5.97 Å². The molecule has 0 aliphatic carbocycles. The summed E-state index contributed by atoms with van der Waals surface area (Å²) < 4.78 is 6.59. The highest BCUT2D eigenvalue weighted by molar-refractivity contribution is 8.00. The molecule has 0 spiro atoms. The number of aryl methyl sites for hydroxylation is 1. The minimum absolute atomic E-state index is 0.297. The van der Waals surface area contributed by atoms with Gasteiger partial charge in [-0.25, -0.2) is 9.97 Å². The summed E-state index contributed by atoms with van der Waals surface area (Å²) in [5, 5.41) is 9.16. The van der Waals surface area contributed by atoms with Gasteiger partial charge in [0.15, 0.2) is 5.65 Å². The van der Waals surface area contributed by atoms with Crippen LogP contribution in [0, 0.1) is 0 Å². The van der Waals surface area contributed by atoms with E-state index in [0.717, 1.165) is 21.6 Å². The van der Waals surface area contributed by atoms with Crippen LogP contribution in [0.3, 0.4) is 0 Å². The molecule has 0 bridgehead atoms. The number of fused-ring (bicyclic) bond motifs is 1. The van der Waals surface area contributed by atoms with E-state index in [4.69, 9.17) is 4.74 Å². The molecule has 0 saturated carbocycles. The molecule has 108 valence electrons. The molecule has 6 nitrogen and oxygen atoms in total. The van der Waals surface area contributed by atoms with Gasteiger partial charge in [-0.05, 0) is 22.4 Å². The lowest BCUT2D eigenvalue weighted by Crippen LogP contribution is -2.10. The Bertz CT molecular complexity index is 770. The molecule has 3 aromatic heterocycles. The largest absolute Gasteiger partial charge is 0.468 e. The monoisotopic (exact) mass is 320 g/mol. The standard InChI is InChI=1S/C13H12N4O2S2/c1-17-11-9(5-16-17)12(15-7-14-11)21-10(13(18)19-2)8-3-4-20-6-8/h3-7,10H,1-2H3/t10-/m0/s1. The number of carbonyl (C=O) groups is 1. The highest BCUT2D eigenvalue weighted by atomic mass is 32.2. The van der Waals surface area contributed by atoms with Gasteiger partial charge in [0.25, 0.3) is 0 Å². The average Bonchev–Trinajstić information content (AvgIpc) is 3.15. The van der Waals surface area contributed by atoms with Gasteiger partial charge in [0.05, 0.1) is 18.7 Å². The lowest BCUT2D eigenvalue weighted by atomic mass is 10.2. The second-order valence-electron chi connectivity index (χ2n) is 4.26. The Hall–Kier alpha value is -1.93. The van der Waals surface area contributed by atoms with Crippen molar-refractivity contribution in [2.45, 2.75) is 10.3 Å². The molecule has 3 aromatic rings. The summed E-state index contributed by atoms with van der Waals surface area (Å²) in [4.78, 5) is 20.5. The van der Waals surface area contributed by atoms with Crippen LogP contribution < -0.4 is 0 Å². The molecule has 3 rings (SSSR count). The number of ether oxygens (including phenoxy) is 1. The van der Waals surface area contributed by atoms with Crippen LogP contribution in [0.1, 0.15) is 10.8 Å². The van der Waals surface area contributed by atoms with Crippen molar-refractivity contribution in [1.29, 1.82) is 0 Å². The Labute approximate surface area is 129 Å². The van der Waals surface area contributed by atoms with E-state index in [1.807, 2.05) is 23.9 Å². The van der Waals surface area contributed by atoms with Gasteiger partial charge in [-0.3, -0.25) is 9.48 Å². The first-order valence-electron chi connectivity index (χ1n) is 6.10. The molecule has 0 aliphatic rings. The minimum atomic E-state index is -0.445. The van der Waals surface area contributed by atoms with Gasteiger partial charge in [0.2, 0.25) is 0 Å². The Morgan fingerprint density at radius 3 is 3.05 bits per heavy atom. The summed E-state index contributed by atoms with van der Waals surface area (Å²) >= 11 is 2.89. The first-order valence-corrected chi connectivity index (χ1v) is 7.92. The van der Waals surface area contributed by atoms with Crippen LogP contribution in [0.4, 0.5) is 0 Å². The normalized spacial score (nSPS) is 12.5. The van der Waals surface area contributed by atoms with E-state index in [1.54, 1.807) is 22.2 Å². The van der Waals surface area contributed by atoms with Crippen molar-refractivity contribution in [3.8, 4) is 0 Å². The molecule has 0 aromatic carbocycles. The summed E-state index contributed by atoms with van der Waals surface area (Å²) in [6, 6.07) is 1.92. The predicted octanol–water partition coefficient (Wildman–Crippen LogP) is 2.43. The maximum Gasteiger partial charge on any atom is 0.323 e. The Balaban J connectivity index is 2.00. The van der Waals surface area contributed by atoms with Crippen molar-refractivity contribution in [1.82, 2.24) is 19.7 Å². The number of aromatic nitrogens is 4. The lowest BCUT2D eigenvalue weighted by molar-refractivity contribution is -0.140. The second-order valence-corrected chi connectivity index (χ2v) is 6.14. The fraction of sp³-hybridized carbons (Fsp3) is 0.231. The summed E-state index contributed by atoms with van der Waals surface area (Å²) in [7, 11) is 3.21. The smallest absolute Gasteiger partial charge is 0.323 e. The van der Waals surface area contributed by atoms with E-state index in [2.05, 4.69) is 15.1 Å². The number of methoxy groups -OCH3 is 1. The SMILES string of the molecule is COC(=O)[C@@H](Sc1ncnc2c1cnn2C)c1ccsc1. The van der Waals surface area contributed by atoms with Crippen molar-refractivity contribution in [2.75, 3.05) is 7.11 Å². The number of nitrogens with zero attached hydrogens (tertiary/aromatic N) is 4. The van der Waals surface area contributed by atoms with Gasteiger partial charge in [0.1, 0.15) is 16.6 Å². The van der Waals surface area contributed by atoms with Crippen LogP contribution in [0.25, 0.3) is 11.0 Å². The third kappa shape index (κ3) is 2.64. The Morgan fingerprint density at radius 1 is 1.48 bits per heavy atom. The molecule has 0 unspecified atom stereocenters. The zero-order valence-electron chi connectivity index (χ0n) is 11.4. The van der Waals surface area contributed by atoms with Crippen molar-refractivity contribution in [2.24, 2.45) is 7.05 Å². The van der Waals surface area contributed by atoms with Gasteiger partial charge in [-0.1, -0.05) is 11.8 Å². The van der Waals surface area contributed by atoms with E-state index in [0.29, 0.717) is 0 Å². The van der Waals surface area contributed by atoms with E-state index in [9.17, 15) is 4.79 Å². The van der Waals surface area contributed by atoms with Gasteiger partial charge in [-0.15, -0.1) is 0 Å². The molecule has 3 heterocycles. The van der Waals surface area contributed by atoms with Crippen molar-refractivity contribution in [3.05, 3.63) is 34.9 Å². The number of rotatable bonds is 4.